The monoisotopic (exact) mass is 309 g/mol. The zero-order chi connectivity index (χ0) is 15.9. The quantitative estimate of drug-likeness (QED) is 0.802. The van der Waals surface area contributed by atoms with Gasteiger partial charge >= 0.3 is 12.1 Å². The predicted molar refractivity (Wildman–Crippen MR) is 77.8 cm³/mol. The maximum absolute atomic E-state index is 13.8. The second-order valence-corrected chi connectivity index (χ2v) is 5.23. The molecule has 0 bridgehead atoms. The zero-order valence-electron chi connectivity index (χ0n) is 12.5. The molecule has 0 N–H and O–H groups in total. The van der Waals surface area contributed by atoms with Crippen molar-refractivity contribution in [1.82, 2.24) is 4.90 Å². The van der Waals surface area contributed by atoms with Crippen molar-refractivity contribution >= 4 is 12.1 Å². The van der Waals surface area contributed by atoms with E-state index in [1.165, 1.54) is 4.90 Å². The van der Waals surface area contributed by atoms with E-state index in [0.29, 0.717) is 0 Å². The molecule has 22 heavy (non-hydrogen) atoms. The van der Waals surface area contributed by atoms with Crippen LogP contribution in [-0.4, -0.2) is 42.8 Å². The average Bonchev–Trinajstić information content (AvgIpc) is 2.53. The van der Waals surface area contributed by atoms with Gasteiger partial charge < -0.3 is 14.4 Å². The normalized spacial score (nSPS) is 21.3. The molecule has 1 aliphatic heterocycles. The van der Waals surface area contributed by atoms with Crippen LogP contribution >= 0.6 is 0 Å². The number of esters is 1. The molecule has 1 saturated heterocycles. The summed E-state index contributed by atoms with van der Waals surface area (Å²) in [6.45, 7) is 2.14. The number of nitrogens with zero attached hydrogens (tertiary/aromatic N) is 1. The highest BCUT2D eigenvalue weighted by atomic mass is 19.1. The Morgan fingerprint density at radius 3 is 2.64 bits per heavy atom. The van der Waals surface area contributed by atoms with E-state index in [1.54, 1.807) is 6.92 Å². The summed E-state index contributed by atoms with van der Waals surface area (Å²) in [5.41, 5.74) is 0.853. The molecular formula is C16H20FNO4. The van der Waals surface area contributed by atoms with E-state index in [-0.39, 0.29) is 32.7 Å². The molecule has 6 heteroatoms. The van der Waals surface area contributed by atoms with E-state index >= 15 is 0 Å². The van der Waals surface area contributed by atoms with Crippen molar-refractivity contribution < 1.29 is 23.5 Å². The molecule has 5 nitrogen and oxygen atoms in total. The van der Waals surface area contributed by atoms with Gasteiger partial charge in [0, 0.05) is 6.54 Å². The molecule has 1 amide bonds. The average molecular weight is 309 g/mol. The summed E-state index contributed by atoms with van der Waals surface area (Å²) in [4.78, 5) is 25.0. The Labute approximate surface area is 129 Å². The van der Waals surface area contributed by atoms with E-state index in [4.69, 9.17) is 9.47 Å². The van der Waals surface area contributed by atoms with Gasteiger partial charge in [-0.2, -0.15) is 0 Å². The maximum Gasteiger partial charge on any atom is 0.410 e. The van der Waals surface area contributed by atoms with Gasteiger partial charge in [-0.15, -0.1) is 0 Å². The second kappa shape index (κ2) is 7.77. The Balaban J connectivity index is 1.89. The molecule has 1 heterocycles. The van der Waals surface area contributed by atoms with E-state index in [2.05, 4.69) is 0 Å². The molecule has 1 fully saturated rings. The fraction of sp³-hybridized carbons (Fsp3) is 0.500. The van der Waals surface area contributed by atoms with Crippen LogP contribution in [0.3, 0.4) is 0 Å². The van der Waals surface area contributed by atoms with Gasteiger partial charge in [0.05, 0.1) is 19.1 Å². The summed E-state index contributed by atoms with van der Waals surface area (Å²) < 4.78 is 23.8. The minimum Gasteiger partial charge on any atom is -0.466 e. The van der Waals surface area contributed by atoms with Crippen molar-refractivity contribution in [2.45, 2.75) is 26.1 Å². The first-order chi connectivity index (χ1) is 10.6. The summed E-state index contributed by atoms with van der Waals surface area (Å²) in [7, 11) is 0. The third-order valence-corrected chi connectivity index (χ3v) is 3.48. The summed E-state index contributed by atoms with van der Waals surface area (Å²) >= 11 is 0. The summed E-state index contributed by atoms with van der Waals surface area (Å²) in [6.07, 6.45) is -1.77. The molecule has 2 unspecified atom stereocenters. The number of carbonyl (C=O) groups is 2. The molecule has 1 aliphatic rings. The van der Waals surface area contributed by atoms with Gasteiger partial charge in [0.2, 0.25) is 0 Å². The lowest BCUT2D eigenvalue weighted by molar-refractivity contribution is -0.150. The van der Waals surface area contributed by atoms with E-state index in [9.17, 15) is 14.0 Å². The van der Waals surface area contributed by atoms with Gasteiger partial charge in [-0.25, -0.2) is 9.18 Å². The first kappa shape index (κ1) is 16.3. The van der Waals surface area contributed by atoms with Gasteiger partial charge in [0.1, 0.15) is 12.8 Å². The van der Waals surface area contributed by atoms with E-state index < -0.39 is 24.2 Å². The summed E-state index contributed by atoms with van der Waals surface area (Å²) in [5, 5.41) is 0. The number of rotatable bonds is 4. The fourth-order valence-electron chi connectivity index (χ4n) is 2.43. The van der Waals surface area contributed by atoms with Crippen LogP contribution in [0.4, 0.5) is 9.18 Å². The van der Waals surface area contributed by atoms with Crippen molar-refractivity contribution in [2.24, 2.45) is 5.92 Å². The number of hydrogen-bond donors (Lipinski definition) is 0. The number of piperidine rings is 1. The van der Waals surface area contributed by atoms with Gasteiger partial charge in [-0.05, 0) is 18.9 Å². The van der Waals surface area contributed by atoms with Gasteiger partial charge in [0.25, 0.3) is 0 Å². The van der Waals surface area contributed by atoms with Crippen molar-refractivity contribution in [3.8, 4) is 0 Å². The van der Waals surface area contributed by atoms with Crippen LogP contribution in [0.25, 0.3) is 0 Å². The number of benzene rings is 1. The molecule has 0 aliphatic carbocycles. The highest BCUT2D eigenvalue weighted by Crippen LogP contribution is 2.21. The van der Waals surface area contributed by atoms with Gasteiger partial charge in [-0.3, -0.25) is 4.79 Å². The van der Waals surface area contributed by atoms with Gasteiger partial charge in [-0.1, -0.05) is 30.3 Å². The molecule has 0 radical (unpaired) electrons. The zero-order valence-corrected chi connectivity index (χ0v) is 12.5. The van der Waals surface area contributed by atoms with Crippen molar-refractivity contribution in [3.63, 3.8) is 0 Å². The number of alkyl halides is 1. The molecule has 2 atom stereocenters. The third kappa shape index (κ3) is 4.44. The number of carbonyl (C=O) groups excluding carboxylic acids is 2. The Kier molecular flexibility index (Phi) is 5.75. The molecular weight excluding hydrogens is 289 g/mol. The van der Waals surface area contributed by atoms with Crippen molar-refractivity contribution in [3.05, 3.63) is 35.9 Å². The topological polar surface area (TPSA) is 55.8 Å². The molecule has 2 rings (SSSR count). The van der Waals surface area contributed by atoms with Crippen molar-refractivity contribution in [1.29, 1.82) is 0 Å². The molecule has 0 aromatic heterocycles. The van der Waals surface area contributed by atoms with Crippen LogP contribution in [0.5, 0.6) is 0 Å². The Morgan fingerprint density at radius 1 is 1.23 bits per heavy atom. The number of amides is 1. The molecule has 0 saturated carbocycles. The molecule has 0 spiro atoms. The Morgan fingerprint density at radius 2 is 1.95 bits per heavy atom. The summed E-state index contributed by atoms with van der Waals surface area (Å²) in [5.74, 6) is -1.10. The van der Waals surface area contributed by atoms with E-state index in [1.807, 2.05) is 30.3 Å². The maximum atomic E-state index is 13.8. The minimum atomic E-state index is -1.24. The van der Waals surface area contributed by atoms with Crippen LogP contribution < -0.4 is 0 Å². The third-order valence-electron chi connectivity index (χ3n) is 3.48. The van der Waals surface area contributed by atoms with Crippen LogP contribution in [-0.2, 0) is 20.9 Å². The highest BCUT2D eigenvalue weighted by molar-refractivity contribution is 5.75. The second-order valence-electron chi connectivity index (χ2n) is 5.23. The Bertz CT molecular complexity index is 508. The Hall–Kier alpha value is -2.11. The van der Waals surface area contributed by atoms with Crippen LogP contribution in [0.15, 0.2) is 30.3 Å². The smallest absolute Gasteiger partial charge is 0.410 e. The number of halogens is 1. The first-order valence-electron chi connectivity index (χ1n) is 7.36. The fourth-order valence-corrected chi connectivity index (χ4v) is 2.43. The molecule has 1 aromatic carbocycles. The van der Waals surface area contributed by atoms with Crippen LogP contribution in [0.2, 0.25) is 0 Å². The first-order valence-corrected chi connectivity index (χ1v) is 7.36. The van der Waals surface area contributed by atoms with Crippen molar-refractivity contribution in [2.75, 3.05) is 19.7 Å². The molecule has 1 aromatic rings. The standard InChI is InChI=1S/C16H20FNO4/c1-2-21-15(19)13-8-14(17)10-18(9-13)16(20)22-11-12-6-4-3-5-7-12/h3-7,13-14H,2,8-11H2,1H3. The molecule has 120 valence electrons. The lowest BCUT2D eigenvalue weighted by Crippen LogP contribution is -2.47. The van der Waals surface area contributed by atoms with Gasteiger partial charge in [0.15, 0.2) is 0 Å². The lowest BCUT2D eigenvalue weighted by atomic mass is 9.97. The number of hydrogen-bond acceptors (Lipinski definition) is 4. The number of ether oxygens (including phenoxy) is 2. The SMILES string of the molecule is CCOC(=O)C1CC(F)CN(C(=O)OCc2ccccc2)C1. The largest absolute Gasteiger partial charge is 0.466 e. The van der Waals surface area contributed by atoms with Crippen LogP contribution in [0.1, 0.15) is 18.9 Å². The van der Waals surface area contributed by atoms with E-state index in [0.717, 1.165) is 5.56 Å². The summed E-state index contributed by atoms with van der Waals surface area (Å²) in [6, 6.07) is 9.23. The highest BCUT2D eigenvalue weighted by Gasteiger charge is 2.35. The van der Waals surface area contributed by atoms with Crippen LogP contribution in [0, 0.1) is 5.92 Å². The lowest BCUT2D eigenvalue weighted by Gasteiger charge is -2.32. The predicted octanol–water partition coefficient (Wildman–Crippen LogP) is 2.55. The number of likely N-dealkylation sites (tertiary alicyclic amines) is 1. The minimum absolute atomic E-state index is 0.0521.